The van der Waals surface area contributed by atoms with E-state index in [1.54, 1.807) is 18.4 Å². The van der Waals surface area contributed by atoms with Crippen LogP contribution in [0.15, 0.2) is 30.5 Å². The van der Waals surface area contributed by atoms with Crippen LogP contribution >= 0.6 is 11.3 Å². The molecule has 1 N–H and O–H groups in total. The lowest BCUT2D eigenvalue weighted by molar-refractivity contribution is -0.919. The van der Waals surface area contributed by atoms with Gasteiger partial charge in [0.15, 0.2) is 5.82 Å². The molecule has 3 heterocycles. The molecule has 0 amide bonds. The van der Waals surface area contributed by atoms with E-state index < -0.39 is 0 Å². The molecule has 1 aliphatic rings. The zero-order chi connectivity index (χ0) is 19.5. The van der Waals surface area contributed by atoms with Crippen molar-refractivity contribution >= 4 is 22.3 Å². The van der Waals surface area contributed by atoms with E-state index in [0.717, 1.165) is 54.6 Å². The summed E-state index contributed by atoms with van der Waals surface area (Å²) >= 11 is 1.68. The lowest BCUT2D eigenvalue weighted by Crippen LogP contribution is -3.11. The number of fused-ring (bicyclic) bond motifs is 1. The van der Waals surface area contributed by atoms with Crippen LogP contribution in [-0.4, -0.2) is 47.4 Å². The number of nitrogens with one attached hydrogen (secondary N) is 1. The highest BCUT2D eigenvalue weighted by atomic mass is 32.1. The lowest BCUT2D eigenvalue weighted by Gasteiger charge is -2.27. The molecule has 2 aromatic heterocycles. The Morgan fingerprint density at radius 2 is 2.00 bits per heavy atom. The summed E-state index contributed by atoms with van der Waals surface area (Å²) in [7, 11) is 1.66. The highest BCUT2D eigenvalue weighted by Gasteiger charge is 2.28. The van der Waals surface area contributed by atoms with E-state index in [2.05, 4.69) is 20.8 Å². The monoisotopic (exact) mass is 401 g/mol. The zero-order valence-corrected chi connectivity index (χ0v) is 17.0. The van der Waals surface area contributed by atoms with Crippen LogP contribution in [0.5, 0.6) is 5.75 Å². The van der Waals surface area contributed by atoms with Crippen molar-refractivity contribution in [1.82, 2.24) is 14.6 Å². The van der Waals surface area contributed by atoms with Crippen molar-refractivity contribution < 1.29 is 19.2 Å². The van der Waals surface area contributed by atoms with Gasteiger partial charge in [-0.25, -0.2) is 0 Å². The molecule has 7 nitrogen and oxygen atoms in total. The molecule has 0 radical (unpaired) electrons. The summed E-state index contributed by atoms with van der Waals surface area (Å²) in [6.07, 6.45) is 3.94. The number of rotatable bonds is 6. The minimum atomic E-state index is -0.0358. The normalized spacial score (nSPS) is 19.6. The van der Waals surface area contributed by atoms with E-state index in [0.29, 0.717) is 6.61 Å². The summed E-state index contributed by atoms with van der Waals surface area (Å²) < 4.78 is 12.4. The molecule has 1 fully saturated rings. The Morgan fingerprint density at radius 3 is 2.68 bits per heavy atom. The summed E-state index contributed by atoms with van der Waals surface area (Å²) in [5.74, 6) is 1.70. The van der Waals surface area contributed by atoms with Gasteiger partial charge in [-0.3, -0.25) is 9.20 Å². The zero-order valence-electron chi connectivity index (χ0n) is 16.2. The molecule has 0 aliphatic carbocycles. The SMILES string of the molecule is CCOC(=O)C1CC[NH+](Cc2cn3c(-c4ccc(OC)cc4)nnc3s2)CC1. The average Bonchev–Trinajstić information content (AvgIpc) is 3.29. The van der Waals surface area contributed by atoms with Gasteiger partial charge >= 0.3 is 5.97 Å². The van der Waals surface area contributed by atoms with Crippen LogP contribution in [0.4, 0.5) is 0 Å². The van der Waals surface area contributed by atoms with Gasteiger partial charge in [-0.05, 0) is 31.2 Å². The van der Waals surface area contributed by atoms with Crippen molar-refractivity contribution in [3.8, 4) is 17.1 Å². The predicted octanol–water partition coefficient (Wildman–Crippen LogP) is 1.82. The van der Waals surface area contributed by atoms with Crippen molar-refractivity contribution in [1.29, 1.82) is 0 Å². The first-order valence-corrected chi connectivity index (χ1v) is 10.5. The van der Waals surface area contributed by atoms with E-state index in [1.165, 1.54) is 9.78 Å². The van der Waals surface area contributed by atoms with Gasteiger partial charge in [-0.2, -0.15) is 0 Å². The van der Waals surface area contributed by atoms with Gasteiger partial charge in [0.25, 0.3) is 0 Å². The number of likely N-dealkylation sites (tertiary alicyclic amines) is 1. The van der Waals surface area contributed by atoms with Gasteiger partial charge in [-0.1, -0.05) is 11.3 Å². The Morgan fingerprint density at radius 1 is 1.25 bits per heavy atom. The van der Waals surface area contributed by atoms with Gasteiger partial charge in [-0.15, -0.1) is 10.2 Å². The fourth-order valence-corrected chi connectivity index (χ4v) is 4.70. The third-order valence-electron chi connectivity index (χ3n) is 5.25. The maximum Gasteiger partial charge on any atom is 0.309 e. The van der Waals surface area contributed by atoms with Crippen molar-refractivity contribution in [2.24, 2.45) is 5.92 Å². The number of nitrogens with zero attached hydrogens (tertiary/aromatic N) is 3. The highest BCUT2D eigenvalue weighted by molar-refractivity contribution is 7.17. The van der Waals surface area contributed by atoms with Crippen LogP contribution in [0.2, 0.25) is 0 Å². The lowest BCUT2D eigenvalue weighted by atomic mass is 9.97. The van der Waals surface area contributed by atoms with Crippen molar-refractivity contribution in [2.45, 2.75) is 26.3 Å². The number of benzene rings is 1. The van der Waals surface area contributed by atoms with Crippen LogP contribution in [0.25, 0.3) is 16.3 Å². The standard InChI is InChI=1S/C20H24N4O3S/c1-3-27-19(25)15-8-10-23(11-9-15)12-17-13-24-18(21-22-20(24)28-17)14-4-6-16(26-2)7-5-14/h4-7,13,15H,3,8-12H2,1-2H3/p+1. The Labute approximate surface area is 167 Å². The van der Waals surface area contributed by atoms with Crippen LogP contribution in [0, 0.1) is 5.92 Å². The molecule has 0 saturated carbocycles. The third kappa shape index (κ3) is 3.88. The molecule has 1 aromatic carbocycles. The Balaban J connectivity index is 1.43. The van der Waals surface area contributed by atoms with Crippen LogP contribution in [0.3, 0.4) is 0 Å². The molecule has 1 saturated heterocycles. The highest BCUT2D eigenvalue weighted by Crippen LogP contribution is 2.25. The Kier molecular flexibility index (Phi) is 5.59. The third-order valence-corrected chi connectivity index (χ3v) is 6.22. The summed E-state index contributed by atoms with van der Waals surface area (Å²) in [4.78, 5) is 15.6. The van der Waals surface area contributed by atoms with Crippen LogP contribution in [-0.2, 0) is 16.1 Å². The molecular weight excluding hydrogens is 376 g/mol. The largest absolute Gasteiger partial charge is 0.497 e. The number of hydrogen-bond donors (Lipinski definition) is 1. The first-order valence-electron chi connectivity index (χ1n) is 9.66. The topological polar surface area (TPSA) is 70.2 Å². The first-order chi connectivity index (χ1) is 13.7. The van der Waals surface area contributed by atoms with E-state index >= 15 is 0 Å². The van der Waals surface area contributed by atoms with E-state index in [1.807, 2.05) is 31.2 Å². The number of hydrogen-bond acceptors (Lipinski definition) is 6. The number of carbonyl (C=O) groups is 1. The first kappa shape index (κ1) is 18.9. The van der Waals surface area contributed by atoms with Gasteiger partial charge < -0.3 is 14.4 Å². The molecule has 1 aliphatic heterocycles. The maximum atomic E-state index is 11.9. The number of methoxy groups -OCH3 is 1. The quantitative estimate of drug-likeness (QED) is 0.638. The molecule has 3 aromatic rings. The van der Waals surface area contributed by atoms with Crippen molar-refractivity contribution in [3.63, 3.8) is 0 Å². The van der Waals surface area contributed by atoms with Crippen LogP contribution in [0.1, 0.15) is 24.6 Å². The Hall–Kier alpha value is -2.45. The second kappa shape index (κ2) is 8.28. The number of carbonyl (C=O) groups excluding carboxylic acids is 1. The summed E-state index contributed by atoms with van der Waals surface area (Å²) in [5.41, 5.74) is 1.01. The fraction of sp³-hybridized carbons (Fsp3) is 0.450. The second-order valence-electron chi connectivity index (χ2n) is 7.06. The number of aromatic nitrogens is 3. The van der Waals surface area contributed by atoms with Gasteiger partial charge in [0.1, 0.15) is 12.3 Å². The number of piperidine rings is 1. The van der Waals surface area contributed by atoms with Crippen molar-refractivity contribution in [2.75, 3.05) is 26.8 Å². The van der Waals surface area contributed by atoms with E-state index in [9.17, 15) is 4.79 Å². The second-order valence-corrected chi connectivity index (χ2v) is 8.15. The smallest absolute Gasteiger partial charge is 0.309 e. The summed E-state index contributed by atoms with van der Waals surface area (Å²) in [6.45, 7) is 5.26. The molecule has 28 heavy (non-hydrogen) atoms. The fourth-order valence-electron chi connectivity index (χ4n) is 3.71. The number of thiazole rings is 1. The minimum Gasteiger partial charge on any atom is -0.497 e. The predicted molar refractivity (Wildman–Crippen MR) is 107 cm³/mol. The summed E-state index contributed by atoms with van der Waals surface area (Å²) in [5, 5.41) is 8.68. The molecule has 0 atom stereocenters. The molecule has 0 spiro atoms. The number of ether oxygens (including phenoxy) is 2. The van der Waals surface area contributed by atoms with Gasteiger partial charge in [0, 0.05) is 24.6 Å². The number of esters is 1. The number of quaternary nitrogens is 1. The minimum absolute atomic E-state index is 0.0358. The van der Waals surface area contributed by atoms with Crippen LogP contribution < -0.4 is 9.64 Å². The molecule has 148 valence electrons. The molecule has 4 rings (SSSR count). The summed E-state index contributed by atoms with van der Waals surface area (Å²) in [6, 6.07) is 7.86. The molecule has 0 bridgehead atoms. The molecule has 0 unspecified atom stereocenters. The maximum absolute atomic E-state index is 11.9. The average molecular weight is 402 g/mol. The molecular formula is C20H25N4O3S+. The van der Waals surface area contributed by atoms with E-state index in [4.69, 9.17) is 9.47 Å². The van der Waals surface area contributed by atoms with Gasteiger partial charge in [0.05, 0.1) is 37.6 Å². The van der Waals surface area contributed by atoms with E-state index in [-0.39, 0.29) is 11.9 Å². The molecule has 8 heteroatoms. The van der Waals surface area contributed by atoms with Crippen molar-refractivity contribution in [3.05, 3.63) is 35.3 Å². The Bertz CT molecular complexity index is 942. The van der Waals surface area contributed by atoms with Gasteiger partial charge in [0.2, 0.25) is 4.96 Å².